The first kappa shape index (κ1) is 20.9. The molecule has 6 heteroatoms. The maximum atomic E-state index is 12.8. The number of allylic oxidation sites excluding steroid dienone is 1. The Bertz CT molecular complexity index is 1120. The van der Waals surface area contributed by atoms with Gasteiger partial charge < -0.3 is 5.32 Å². The van der Waals surface area contributed by atoms with Gasteiger partial charge in [-0.15, -0.1) is 6.58 Å². The second-order valence-electron chi connectivity index (χ2n) is 7.04. The predicted octanol–water partition coefficient (Wildman–Crippen LogP) is 4.17. The summed E-state index contributed by atoms with van der Waals surface area (Å²) in [4.78, 5) is 29.9. The SMILES string of the molecule is C=CCn1c(SCC(=O)NC(C)c2ccc(C)c(C)c2)nc2ccccc2c1=O. The van der Waals surface area contributed by atoms with Crippen LogP contribution in [0.15, 0.2) is 65.1 Å². The van der Waals surface area contributed by atoms with E-state index in [1.54, 1.807) is 22.8 Å². The molecule has 1 atom stereocenters. The molecule has 0 radical (unpaired) electrons. The van der Waals surface area contributed by atoms with E-state index >= 15 is 0 Å². The number of para-hydroxylation sites is 1. The van der Waals surface area contributed by atoms with E-state index in [2.05, 4.69) is 42.9 Å². The van der Waals surface area contributed by atoms with E-state index in [1.165, 1.54) is 22.9 Å². The lowest BCUT2D eigenvalue weighted by Crippen LogP contribution is -2.29. The summed E-state index contributed by atoms with van der Waals surface area (Å²) >= 11 is 1.26. The fourth-order valence-corrected chi connectivity index (χ4v) is 3.90. The van der Waals surface area contributed by atoms with E-state index in [0.29, 0.717) is 22.6 Å². The van der Waals surface area contributed by atoms with Crippen molar-refractivity contribution in [1.82, 2.24) is 14.9 Å². The van der Waals surface area contributed by atoms with Gasteiger partial charge in [-0.05, 0) is 49.6 Å². The first-order valence-electron chi connectivity index (χ1n) is 9.50. The van der Waals surface area contributed by atoms with Gasteiger partial charge in [-0.3, -0.25) is 14.2 Å². The fraction of sp³-hybridized carbons (Fsp3) is 0.261. The highest BCUT2D eigenvalue weighted by Gasteiger charge is 2.14. The van der Waals surface area contributed by atoms with E-state index in [1.807, 2.05) is 25.1 Å². The van der Waals surface area contributed by atoms with Crippen LogP contribution in [0.25, 0.3) is 10.9 Å². The number of hydrogen-bond donors (Lipinski definition) is 1. The smallest absolute Gasteiger partial charge is 0.262 e. The van der Waals surface area contributed by atoms with Gasteiger partial charge in [0.2, 0.25) is 5.91 Å². The van der Waals surface area contributed by atoms with E-state index in [0.717, 1.165) is 5.56 Å². The topological polar surface area (TPSA) is 64.0 Å². The number of thioether (sulfide) groups is 1. The van der Waals surface area contributed by atoms with Crippen LogP contribution < -0.4 is 10.9 Å². The second-order valence-corrected chi connectivity index (χ2v) is 7.98. The molecule has 150 valence electrons. The molecule has 1 aromatic heterocycles. The average molecular weight is 408 g/mol. The van der Waals surface area contributed by atoms with Crippen LogP contribution in [0, 0.1) is 13.8 Å². The van der Waals surface area contributed by atoms with Crippen molar-refractivity contribution in [3.05, 3.63) is 82.2 Å². The lowest BCUT2D eigenvalue weighted by Gasteiger charge is -2.16. The highest BCUT2D eigenvalue weighted by Crippen LogP contribution is 2.20. The van der Waals surface area contributed by atoms with Gasteiger partial charge in [-0.1, -0.05) is 48.2 Å². The third-order valence-electron chi connectivity index (χ3n) is 4.88. The Morgan fingerprint density at radius 2 is 2.00 bits per heavy atom. The Morgan fingerprint density at radius 1 is 1.24 bits per heavy atom. The summed E-state index contributed by atoms with van der Waals surface area (Å²) in [7, 11) is 0. The van der Waals surface area contributed by atoms with Gasteiger partial charge in [-0.25, -0.2) is 4.98 Å². The van der Waals surface area contributed by atoms with Crippen LogP contribution in [0.5, 0.6) is 0 Å². The molecular formula is C23H25N3O2S. The van der Waals surface area contributed by atoms with Gasteiger partial charge >= 0.3 is 0 Å². The lowest BCUT2D eigenvalue weighted by atomic mass is 10.0. The zero-order valence-corrected chi connectivity index (χ0v) is 17.8. The Balaban J connectivity index is 1.74. The van der Waals surface area contributed by atoms with Gasteiger partial charge in [0.25, 0.3) is 5.56 Å². The zero-order chi connectivity index (χ0) is 21.0. The number of carbonyl (C=O) groups is 1. The van der Waals surface area contributed by atoms with Crippen molar-refractivity contribution in [2.24, 2.45) is 0 Å². The van der Waals surface area contributed by atoms with Crippen LogP contribution >= 0.6 is 11.8 Å². The van der Waals surface area contributed by atoms with Crippen molar-refractivity contribution in [3.8, 4) is 0 Å². The third kappa shape index (κ3) is 4.77. The van der Waals surface area contributed by atoms with Crippen LogP contribution in [0.2, 0.25) is 0 Å². The molecular weight excluding hydrogens is 382 g/mol. The van der Waals surface area contributed by atoms with Gasteiger partial charge in [0.1, 0.15) is 0 Å². The predicted molar refractivity (Wildman–Crippen MR) is 119 cm³/mol. The monoisotopic (exact) mass is 407 g/mol. The van der Waals surface area contributed by atoms with E-state index in [-0.39, 0.29) is 23.3 Å². The van der Waals surface area contributed by atoms with Crippen molar-refractivity contribution < 1.29 is 4.79 Å². The summed E-state index contributed by atoms with van der Waals surface area (Å²) in [6.45, 7) is 10.2. The van der Waals surface area contributed by atoms with Crippen molar-refractivity contribution in [1.29, 1.82) is 0 Å². The summed E-state index contributed by atoms with van der Waals surface area (Å²) in [6.07, 6.45) is 1.66. The number of hydrogen-bond acceptors (Lipinski definition) is 4. The van der Waals surface area contributed by atoms with E-state index in [4.69, 9.17) is 0 Å². The molecule has 5 nitrogen and oxygen atoms in total. The molecule has 0 aliphatic carbocycles. The third-order valence-corrected chi connectivity index (χ3v) is 5.86. The number of rotatable bonds is 7. The molecule has 1 heterocycles. The Morgan fingerprint density at radius 3 is 2.72 bits per heavy atom. The maximum Gasteiger partial charge on any atom is 0.262 e. The minimum atomic E-state index is -0.123. The Labute approximate surface area is 174 Å². The Hall–Kier alpha value is -2.86. The number of nitrogens with zero attached hydrogens (tertiary/aromatic N) is 2. The van der Waals surface area contributed by atoms with Crippen LogP contribution in [0.3, 0.4) is 0 Å². The highest BCUT2D eigenvalue weighted by molar-refractivity contribution is 7.99. The molecule has 1 amide bonds. The molecule has 0 bridgehead atoms. The minimum absolute atomic E-state index is 0.0951. The average Bonchev–Trinajstić information content (AvgIpc) is 2.71. The van der Waals surface area contributed by atoms with Crippen LogP contribution in [-0.4, -0.2) is 21.2 Å². The molecule has 3 aromatic rings. The molecule has 0 aliphatic rings. The molecule has 1 unspecified atom stereocenters. The standard InChI is InChI=1S/C23H25N3O2S/c1-5-12-26-22(28)19-8-6-7-9-20(19)25-23(26)29-14-21(27)24-17(4)18-11-10-15(2)16(3)13-18/h5-11,13,17H,1,12,14H2,2-4H3,(H,24,27). The highest BCUT2D eigenvalue weighted by atomic mass is 32.2. The van der Waals surface area contributed by atoms with Gasteiger partial charge in [-0.2, -0.15) is 0 Å². The molecule has 29 heavy (non-hydrogen) atoms. The number of amides is 1. The van der Waals surface area contributed by atoms with Crippen LogP contribution in [0.4, 0.5) is 0 Å². The van der Waals surface area contributed by atoms with Crippen LogP contribution in [0.1, 0.15) is 29.7 Å². The number of aryl methyl sites for hydroxylation is 2. The molecule has 0 fully saturated rings. The van der Waals surface area contributed by atoms with Gasteiger partial charge in [0.05, 0.1) is 22.7 Å². The van der Waals surface area contributed by atoms with Gasteiger partial charge in [0, 0.05) is 6.54 Å². The molecule has 0 aliphatic heterocycles. The Kier molecular flexibility index (Phi) is 6.54. The zero-order valence-electron chi connectivity index (χ0n) is 16.9. The first-order valence-corrected chi connectivity index (χ1v) is 10.5. The van der Waals surface area contributed by atoms with E-state index < -0.39 is 0 Å². The molecule has 0 spiro atoms. The largest absolute Gasteiger partial charge is 0.349 e. The van der Waals surface area contributed by atoms with Crippen molar-refractivity contribution in [2.45, 2.75) is 38.5 Å². The summed E-state index contributed by atoms with van der Waals surface area (Å²) < 4.78 is 1.56. The number of fused-ring (bicyclic) bond motifs is 1. The van der Waals surface area contributed by atoms with Gasteiger partial charge in [0.15, 0.2) is 5.16 Å². The quantitative estimate of drug-likeness (QED) is 0.363. The minimum Gasteiger partial charge on any atom is -0.349 e. The summed E-state index contributed by atoms with van der Waals surface area (Å²) in [5, 5.41) is 4.10. The van der Waals surface area contributed by atoms with E-state index in [9.17, 15) is 9.59 Å². The second kappa shape index (κ2) is 9.09. The summed E-state index contributed by atoms with van der Waals surface area (Å²) in [5.41, 5.74) is 4.00. The van der Waals surface area contributed by atoms with Crippen LogP contribution in [-0.2, 0) is 11.3 Å². The number of benzene rings is 2. The summed E-state index contributed by atoms with van der Waals surface area (Å²) in [5.74, 6) is 0.0742. The number of carbonyl (C=O) groups excluding carboxylic acids is 1. The first-order chi connectivity index (χ1) is 13.9. The van der Waals surface area contributed by atoms with Crippen molar-refractivity contribution in [3.63, 3.8) is 0 Å². The number of aromatic nitrogens is 2. The molecule has 1 N–H and O–H groups in total. The normalized spacial score (nSPS) is 12.0. The molecule has 0 saturated carbocycles. The molecule has 2 aromatic carbocycles. The molecule has 0 saturated heterocycles. The molecule has 3 rings (SSSR count). The fourth-order valence-electron chi connectivity index (χ4n) is 3.08. The van der Waals surface area contributed by atoms with Crippen molar-refractivity contribution >= 4 is 28.6 Å². The lowest BCUT2D eigenvalue weighted by molar-refractivity contribution is -0.119. The van der Waals surface area contributed by atoms with Crippen molar-refractivity contribution in [2.75, 3.05) is 5.75 Å². The maximum absolute atomic E-state index is 12.8. The summed E-state index contributed by atoms with van der Waals surface area (Å²) in [6, 6.07) is 13.3. The number of nitrogens with one attached hydrogen (secondary N) is 1.